The van der Waals surface area contributed by atoms with Gasteiger partial charge in [-0.15, -0.1) is 0 Å². The summed E-state index contributed by atoms with van der Waals surface area (Å²) in [6.45, 7) is 4.90. The van der Waals surface area contributed by atoms with Gasteiger partial charge in [0.05, 0.1) is 5.69 Å². The molecule has 3 nitrogen and oxygen atoms in total. The van der Waals surface area contributed by atoms with Crippen molar-refractivity contribution in [1.82, 2.24) is 9.88 Å². The lowest BCUT2D eigenvalue weighted by Crippen LogP contribution is -2.22. The number of benzene rings is 1. The van der Waals surface area contributed by atoms with E-state index < -0.39 is 0 Å². The van der Waals surface area contributed by atoms with Crippen LogP contribution in [0.3, 0.4) is 0 Å². The molecule has 0 radical (unpaired) electrons. The molecular weight excluding hydrogens is 302 g/mol. The molecular formula is C15H18BrN3. The zero-order valence-corrected chi connectivity index (χ0v) is 12.6. The summed E-state index contributed by atoms with van der Waals surface area (Å²) in [7, 11) is 0. The van der Waals surface area contributed by atoms with Gasteiger partial charge in [-0.1, -0.05) is 19.1 Å². The van der Waals surface area contributed by atoms with Crippen LogP contribution in [0.15, 0.2) is 47.1 Å². The molecule has 1 aromatic carbocycles. The molecule has 0 saturated heterocycles. The summed E-state index contributed by atoms with van der Waals surface area (Å²) in [5.41, 5.74) is 8.92. The standard InChI is InChI=1S/C15H18BrN3/c1-2-19(11-13-5-3-4-8-18-13)10-12-6-7-15(17)14(16)9-12/h3-9H,2,10-11,17H2,1H3. The third-order valence-electron chi connectivity index (χ3n) is 3.03. The van der Waals surface area contributed by atoms with Crippen LogP contribution in [0.4, 0.5) is 5.69 Å². The monoisotopic (exact) mass is 319 g/mol. The number of nitrogens with zero attached hydrogens (tertiary/aromatic N) is 2. The predicted molar refractivity (Wildman–Crippen MR) is 82.6 cm³/mol. The van der Waals surface area contributed by atoms with Gasteiger partial charge in [-0.25, -0.2) is 0 Å². The number of hydrogen-bond donors (Lipinski definition) is 1. The Hall–Kier alpha value is -1.39. The van der Waals surface area contributed by atoms with Crippen molar-refractivity contribution in [1.29, 1.82) is 0 Å². The van der Waals surface area contributed by atoms with Crippen LogP contribution in [0.25, 0.3) is 0 Å². The Morgan fingerprint density at radius 1 is 1.21 bits per heavy atom. The fourth-order valence-corrected chi connectivity index (χ4v) is 2.35. The van der Waals surface area contributed by atoms with Gasteiger partial charge < -0.3 is 5.73 Å². The first-order valence-corrected chi connectivity index (χ1v) is 7.14. The average molecular weight is 320 g/mol. The zero-order chi connectivity index (χ0) is 13.7. The quantitative estimate of drug-likeness (QED) is 0.858. The summed E-state index contributed by atoms with van der Waals surface area (Å²) in [4.78, 5) is 6.72. The second-order valence-electron chi connectivity index (χ2n) is 4.48. The number of anilines is 1. The molecule has 0 amide bonds. The largest absolute Gasteiger partial charge is 0.398 e. The lowest BCUT2D eigenvalue weighted by Gasteiger charge is -2.20. The molecule has 1 aromatic heterocycles. The van der Waals surface area contributed by atoms with Gasteiger partial charge in [0, 0.05) is 29.4 Å². The van der Waals surface area contributed by atoms with Crippen molar-refractivity contribution in [3.8, 4) is 0 Å². The third kappa shape index (κ3) is 4.04. The van der Waals surface area contributed by atoms with Crippen LogP contribution < -0.4 is 5.73 Å². The minimum absolute atomic E-state index is 0.775. The number of nitrogens with two attached hydrogens (primary N) is 1. The maximum atomic E-state index is 5.81. The molecule has 4 heteroatoms. The van der Waals surface area contributed by atoms with Gasteiger partial charge in [0.2, 0.25) is 0 Å². The highest BCUT2D eigenvalue weighted by molar-refractivity contribution is 9.10. The highest BCUT2D eigenvalue weighted by atomic mass is 79.9. The Balaban J connectivity index is 2.04. The number of nitrogen functional groups attached to an aromatic ring is 1. The van der Waals surface area contributed by atoms with E-state index in [0.29, 0.717) is 0 Å². The molecule has 19 heavy (non-hydrogen) atoms. The van der Waals surface area contributed by atoms with E-state index in [1.54, 1.807) is 0 Å². The molecule has 0 spiro atoms. The Bertz CT molecular complexity index is 528. The van der Waals surface area contributed by atoms with E-state index in [0.717, 1.165) is 35.5 Å². The molecule has 0 bridgehead atoms. The number of halogens is 1. The van der Waals surface area contributed by atoms with Crippen LogP contribution in [0.2, 0.25) is 0 Å². The maximum Gasteiger partial charge on any atom is 0.0544 e. The molecule has 100 valence electrons. The maximum absolute atomic E-state index is 5.81. The highest BCUT2D eigenvalue weighted by Crippen LogP contribution is 2.21. The summed E-state index contributed by atoms with van der Waals surface area (Å²) < 4.78 is 0.957. The van der Waals surface area contributed by atoms with Gasteiger partial charge in [0.25, 0.3) is 0 Å². The zero-order valence-electron chi connectivity index (χ0n) is 11.0. The van der Waals surface area contributed by atoms with Crippen LogP contribution in [-0.4, -0.2) is 16.4 Å². The molecule has 0 saturated carbocycles. The van der Waals surface area contributed by atoms with Crippen molar-refractivity contribution >= 4 is 21.6 Å². The number of rotatable bonds is 5. The minimum Gasteiger partial charge on any atom is -0.398 e. The third-order valence-corrected chi connectivity index (χ3v) is 3.72. The first kappa shape index (κ1) is 14.0. The van der Waals surface area contributed by atoms with Crippen molar-refractivity contribution in [2.45, 2.75) is 20.0 Å². The predicted octanol–water partition coefficient (Wildman–Crippen LogP) is 3.45. The van der Waals surface area contributed by atoms with Gasteiger partial charge in [-0.3, -0.25) is 9.88 Å². The van der Waals surface area contributed by atoms with Crippen LogP contribution in [0.1, 0.15) is 18.2 Å². The lowest BCUT2D eigenvalue weighted by atomic mass is 10.2. The number of hydrogen-bond acceptors (Lipinski definition) is 3. The molecule has 0 aliphatic carbocycles. The van der Waals surface area contributed by atoms with E-state index >= 15 is 0 Å². The molecule has 0 unspecified atom stereocenters. The summed E-state index contributed by atoms with van der Waals surface area (Å²) in [6.07, 6.45) is 1.84. The van der Waals surface area contributed by atoms with E-state index in [9.17, 15) is 0 Å². The Labute approximate surface area is 122 Å². The normalized spacial score (nSPS) is 10.9. The van der Waals surface area contributed by atoms with Gasteiger partial charge in [-0.2, -0.15) is 0 Å². The number of aromatic nitrogens is 1. The fourth-order valence-electron chi connectivity index (χ4n) is 1.93. The van der Waals surface area contributed by atoms with Gasteiger partial charge in [0.15, 0.2) is 0 Å². The van der Waals surface area contributed by atoms with Crippen molar-refractivity contribution in [2.24, 2.45) is 0 Å². The van der Waals surface area contributed by atoms with Crippen LogP contribution in [0, 0.1) is 0 Å². The molecule has 0 fully saturated rings. The minimum atomic E-state index is 0.775. The van der Waals surface area contributed by atoms with Crippen LogP contribution in [-0.2, 0) is 13.1 Å². The average Bonchev–Trinajstić information content (AvgIpc) is 2.43. The van der Waals surface area contributed by atoms with Crippen molar-refractivity contribution in [2.75, 3.05) is 12.3 Å². The fraction of sp³-hybridized carbons (Fsp3) is 0.267. The van der Waals surface area contributed by atoms with E-state index in [4.69, 9.17) is 5.73 Å². The molecule has 1 heterocycles. The van der Waals surface area contributed by atoms with Gasteiger partial charge in [-0.05, 0) is 52.3 Å². The van der Waals surface area contributed by atoms with Crippen LogP contribution >= 0.6 is 15.9 Å². The molecule has 2 aromatic rings. The van der Waals surface area contributed by atoms with E-state index in [1.165, 1.54) is 5.56 Å². The second-order valence-corrected chi connectivity index (χ2v) is 5.33. The topological polar surface area (TPSA) is 42.1 Å². The van der Waals surface area contributed by atoms with Crippen LogP contribution in [0.5, 0.6) is 0 Å². The van der Waals surface area contributed by atoms with E-state index in [2.05, 4.69) is 50.9 Å². The highest BCUT2D eigenvalue weighted by Gasteiger charge is 2.06. The molecule has 2 rings (SSSR count). The first-order chi connectivity index (χ1) is 9.19. The van der Waals surface area contributed by atoms with Crippen molar-refractivity contribution in [3.63, 3.8) is 0 Å². The van der Waals surface area contributed by atoms with Crippen molar-refractivity contribution < 1.29 is 0 Å². The summed E-state index contributed by atoms with van der Waals surface area (Å²) in [6, 6.07) is 12.1. The van der Waals surface area contributed by atoms with Gasteiger partial charge in [0.1, 0.15) is 0 Å². The SMILES string of the molecule is CCN(Cc1ccc(N)c(Br)c1)Cc1ccccn1. The Morgan fingerprint density at radius 2 is 2.05 bits per heavy atom. The molecule has 0 aliphatic heterocycles. The summed E-state index contributed by atoms with van der Waals surface area (Å²) in [5.74, 6) is 0. The Kier molecular flexibility index (Phi) is 4.93. The molecule has 0 aliphatic rings. The molecule has 2 N–H and O–H groups in total. The Morgan fingerprint density at radius 3 is 2.68 bits per heavy atom. The molecule has 0 atom stereocenters. The smallest absolute Gasteiger partial charge is 0.0544 e. The van der Waals surface area contributed by atoms with E-state index in [-0.39, 0.29) is 0 Å². The second kappa shape index (κ2) is 6.68. The van der Waals surface area contributed by atoms with Crippen molar-refractivity contribution in [3.05, 3.63) is 58.3 Å². The summed E-state index contributed by atoms with van der Waals surface area (Å²) in [5, 5.41) is 0. The first-order valence-electron chi connectivity index (χ1n) is 6.35. The summed E-state index contributed by atoms with van der Waals surface area (Å²) >= 11 is 3.47. The van der Waals surface area contributed by atoms with Gasteiger partial charge >= 0.3 is 0 Å². The number of pyridine rings is 1. The van der Waals surface area contributed by atoms with E-state index in [1.807, 2.05) is 24.4 Å². The lowest BCUT2D eigenvalue weighted by molar-refractivity contribution is 0.268.